The summed E-state index contributed by atoms with van der Waals surface area (Å²) in [5, 5.41) is 4.03. The molecule has 0 unspecified atom stereocenters. The molecule has 0 amide bonds. The van der Waals surface area contributed by atoms with E-state index in [1.807, 2.05) is 31.2 Å². The molecular formula is C14H15ClN4. The highest BCUT2D eigenvalue weighted by Gasteiger charge is 2.21. The minimum atomic E-state index is 0.278. The van der Waals surface area contributed by atoms with E-state index in [0.29, 0.717) is 11.1 Å². The molecule has 19 heavy (non-hydrogen) atoms. The van der Waals surface area contributed by atoms with Crippen LogP contribution in [0.2, 0.25) is 5.02 Å². The van der Waals surface area contributed by atoms with Gasteiger partial charge in [-0.3, -0.25) is 0 Å². The lowest BCUT2D eigenvalue weighted by atomic mass is 10.1. The maximum atomic E-state index is 6.05. The Hall–Kier alpha value is -1.81. The predicted octanol–water partition coefficient (Wildman–Crippen LogP) is 3.26. The molecule has 1 aliphatic rings. The van der Waals surface area contributed by atoms with Crippen molar-refractivity contribution in [3.05, 3.63) is 34.9 Å². The van der Waals surface area contributed by atoms with Gasteiger partial charge in [0.1, 0.15) is 5.82 Å². The summed E-state index contributed by atoms with van der Waals surface area (Å²) >= 11 is 6.05. The van der Waals surface area contributed by atoms with Crippen LogP contribution in [0.3, 0.4) is 0 Å². The monoisotopic (exact) mass is 274 g/mol. The van der Waals surface area contributed by atoms with Crippen molar-refractivity contribution < 1.29 is 0 Å². The van der Waals surface area contributed by atoms with Gasteiger partial charge in [0, 0.05) is 22.7 Å². The molecule has 0 radical (unpaired) electrons. The minimum Gasteiger partial charge on any atom is -0.368 e. The van der Waals surface area contributed by atoms with Crippen molar-refractivity contribution in [1.29, 1.82) is 0 Å². The van der Waals surface area contributed by atoms with Crippen LogP contribution < -0.4 is 11.1 Å². The first-order chi connectivity index (χ1) is 9.11. The second kappa shape index (κ2) is 4.70. The fraction of sp³-hybridized carbons (Fsp3) is 0.286. The molecule has 0 saturated heterocycles. The quantitative estimate of drug-likeness (QED) is 0.902. The number of aryl methyl sites for hydroxylation is 1. The van der Waals surface area contributed by atoms with E-state index in [0.717, 1.165) is 22.6 Å². The number of nitrogens with two attached hydrogens (primary N) is 1. The largest absolute Gasteiger partial charge is 0.368 e. The molecule has 1 aromatic carbocycles. The maximum Gasteiger partial charge on any atom is 0.222 e. The number of anilines is 2. The molecule has 1 fully saturated rings. The molecule has 1 aromatic heterocycles. The van der Waals surface area contributed by atoms with Crippen LogP contribution in [0.5, 0.6) is 0 Å². The Bertz CT molecular complexity index is 623. The van der Waals surface area contributed by atoms with E-state index in [1.165, 1.54) is 12.8 Å². The van der Waals surface area contributed by atoms with E-state index in [2.05, 4.69) is 15.3 Å². The lowest BCUT2D eigenvalue weighted by Crippen LogP contribution is -2.06. The summed E-state index contributed by atoms with van der Waals surface area (Å²) in [6.07, 6.45) is 2.38. The number of nitrogens with one attached hydrogen (secondary N) is 1. The van der Waals surface area contributed by atoms with Gasteiger partial charge in [-0.25, -0.2) is 4.98 Å². The smallest absolute Gasteiger partial charge is 0.222 e. The normalized spacial score (nSPS) is 14.4. The van der Waals surface area contributed by atoms with Crippen molar-refractivity contribution >= 4 is 23.4 Å². The summed E-state index contributed by atoms with van der Waals surface area (Å²) in [4.78, 5) is 8.52. The number of nitrogen functional groups attached to an aromatic ring is 1. The molecule has 1 aliphatic carbocycles. The summed E-state index contributed by atoms with van der Waals surface area (Å²) in [7, 11) is 0. The summed E-state index contributed by atoms with van der Waals surface area (Å²) in [5.41, 5.74) is 8.68. The van der Waals surface area contributed by atoms with Crippen LogP contribution in [0.1, 0.15) is 18.4 Å². The van der Waals surface area contributed by atoms with Crippen LogP contribution in [0, 0.1) is 6.92 Å². The Morgan fingerprint density at radius 1 is 1.26 bits per heavy atom. The van der Waals surface area contributed by atoms with Crippen LogP contribution in [0.25, 0.3) is 11.3 Å². The van der Waals surface area contributed by atoms with Crippen LogP contribution in [-0.2, 0) is 0 Å². The molecular weight excluding hydrogens is 260 g/mol. The Labute approximate surface area is 117 Å². The van der Waals surface area contributed by atoms with Gasteiger partial charge in [-0.1, -0.05) is 17.7 Å². The molecule has 0 atom stereocenters. The highest BCUT2D eigenvalue weighted by Crippen LogP contribution is 2.29. The molecule has 3 rings (SSSR count). The van der Waals surface area contributed by atoms with Gasteiger partial charge < -0.3 is 11.1 Å². The molecule has 0 aliphatic heterocycles. The number of nitrogens with zero attached hydrogens (tertiary/aromatic N) is 2. The fourth-order valence-electron chi connectivity index (χ4n) is 1.98. The molecule has 98 valence electrons. The number of hydrogen-bond acceptors (Lipinski definition) is 4. The molecule has 0 spiro atoms. The second-order valence-electron chi connectivity index (χ2n) is 4.87. The highest BCUT2D eigenvalue weighted by molar-refractivity contribution is 6.30. The average Bonchev–Trinajstić information content (AvgIpc) is 3.15. The number of aromatic nitrogens is 2. The van der Waals surface area contributed by atoms with Crippen molar-refractivity contribution in [3.8, 4) is 11.3 Å². The maximum absolute atomic E-state index is 6.05. The van der Waals surface area contributed by atoms with Crippen LogP contribution >= 0.6 is 11.6 Å². The van der Waals surface area contributed by atoms with E-state index in [4.69, 9.17) is 17.3 Å². The molecule has 5 heteroatoms. The van der Waals surface area contributed by atoms with Gasteiger partial charge in [0.05, 0.1) is 5.69 Å². The first kappa shape index (κ1) is 12.2. The SMILES string of the molecule is Cc1ccc(Cl)cc1-c1cc(NC2CC2)nc(N)n1. The first-order valence-electron chi connectivity index (χ1n) is 6.29. The zero-order chi connectivity index (χ0) is 13.4. The zero-order valence-corrected chi connectivity index (χ0v) is 11.4. The molecule has 1 saturated carbocycles. The molecule has 0 bridgehead atoms. The Morgan fingerprint density at radius 2 is 2.05 bits per heavy atom. The predicted molar refractivity (Wildman–Crippen MR) is 78.3 cm³/mol. The standard InChI is InChI=1S/C14H15ClN4/c1-8-2-3-9(15)6-11(8)12-7-13(17-10-4-5-10)19-14(16)18-12/h2-3,6-7,10H,4-5H2,1H3,(H3,16,17,18,19). The molecule has 2 aromatic rings. The van der Waals surface area contributed by atoms with Gasteiger partial charge in [0.25, 0.3) is 0 Å². The topological polar surface area (TPSA) is 63.8 Å². The summed E-state index contributed by atoms with van der Waals surface area (Å²) in [5.74, 6) is 1.06. The van der Waals surface area contributed by atoms with Gasteiger partial charge in [0.2, 0.25) is 5.95 Å². The zero-order valence-electron chi connectivity index (χ0n) is 10.7. The third-order valence-electron chi connectivity index (χ3n) is 3.15. The third-order valence-corrected chi connectivity index (χ3v) is 3.38. The van der Waals surface area contributed by atoms with Crippen molar-refractivity contribution in [2.75, 3.05) is 11.1 Å². The average molecular weight is 275 g/mol. The lowest BCUT2D eigenvalue weighted by molar-refractivity contribution is 1.09. The van der Waals surface area contributed by atoms with Crippen molar-refractivity contribution in [2.24, 2.45) is 0 Å². The minimum absolute atomic E-state index is 0.278. The van der Waals surface area contributed by atoms with E-state index < -0.39 is 0 Å². The third kappa shape index (κ3) is 2.79. The highest BCUT2D eigenvalue weighted by atomic mass is 35.5. The van der Waals surface area contributed by atoms with Crippen molar-refractivity contribution in [2.45, 2.75) is 25.8 Å². The van der Waals surface area contributed by atoms with Crippen molar-refractivity contribution in [3.63, 3.8) is 0 Å². The van der Waals surface area contributed by atoms with Crippen LogP contribution in [0.4, 0.5) is 11.8 Å². The summed E-state index contributed by atoms with van der Waals surface area (Å²) in [6, 6.07) is 8.20. The second-order valence-corrected chi connectivity index (χ2v) is 5.31. The van der Waals surface area contributed by atoms with Gasteiger partial charge in [-0.2, -0.15) is 4.98 Å². The Morgan fingerprint density at radius 3 is 2.79 bits per heavy atom. The number of benzene rings is 1. The van der Waals surface area contributed by atoms with E-state index >= 15 is 0 Å². The summed E-state index contributed by atoms with van der Waals surface area (Å²) in [6.45, 7) is 2.03. The van der Waals surface area contributed by atoms with Gasteiger partial charge >= 0.3 is 0 Å². The van der Waals surface area contributed by atoms with Crippen LogP contribution in [0.15, 0.2) is 24.3 Å². The van der Waals surface area contributed by atoms with E-state index in [1.54, 1.807) is 0 Å². The Kier molecular flexibility index (Phi) is 3.03. The first-order valence-corrected chi connectivity index (χ1v) is 6.67. The van der Waals surface area contributed by atoms with Crippen molar-refractivity contribution in [1.82, 2.24) is 9.97 Å². The van der Waals surface area contributed by atoms with E-state index in [9.17, 15) is 0 Å². The number of rotatable bonds is 3. The number of halogens is 1. The van der Waals surface area contributed by atoms with E-state index in [-0.39, 0.29) is 5.95 Å². The molecule has 4 nitrogen and oxygen atoms in total. The Balaban J connectivity index is 2.02. The lowest BCUT2D eigenvalue weighted by Gasteiger charge is -2.09. The molecule has 3 N–H and O–H groups in total. The van der Waals surface area contributed by atoms with Gasteiger partial charge in [0.15, 0.2) is 0 Å². The summed E-state index contributed by atoms with van der Waals surface area (Å²) < 4.78 is 0. The fourth-order valence-corrected chi connectivity index (χ4v) is 2.16. The number of hydrogen-bond donors (Lipinski definition) is 2. The molecule has 1 heterocycles. The van der Waals surface area contributed by atoms with Crippen LogP contribution in [-0.4, -0.2) is 16.0 Å². The van der Waals surface area contributed by atoms with Gasteiger partial charge in [-0.05, 0) is 37.5 Å². The van der Waals surface area contributed by atoms with Gasteiger partial charge in [-0.15, -0.1) is 0 Å².